The van der Waals surface area contributed by atoms with Gasteiger partial charge in [-0.05, 0) is 24.0 Å². The molecule has 1 aromatic carbocycles. The number of hydrogen-bond acceptors (Lipinski definition) is 4. The van der Waals surface area contributed by atoms with Crippen LogP contribution >= 0.6 is 36.2 Å². The van der Waals surface area contributed by atoms with Crippen molar-refractivity contribution >= 4 is 42.1 Å². The fourth-order valence-electron chi connectivity index (χ4n) is 3.04. The van der Waals surface area contributed by atoms with E-state index in [4.69, 9.17) is 5.73 Å². The Hall–Kier alpha value is -1.35. The van der Waals surface area contributed by atoms with Gasteiger partial charge in [-0.15, -0.1) is 36.2 Å². The number of benzene rings is 1. The number of thiazole rings is 1. The zero-order valence-electron chi connectivity index (χ0n) is 15.3. The topological polar surface area (TPSA) is 59.2 Å². The van der Waals surface area contributed by atoms with Crippen LogP contribution in [0.4, 0.5) is 13.2 Å². The highest BCUT2D eigenvalue weighted by atomic mass is 35.5. The summed E-state index contributed by atoms with van der Waals surface area (Å²) in [6.07, 6.45) is -3.70. The number of piperidine rings is 1. The van der Waals surface area contributed by atoms with Gasteiger partial charge in [-0.25, -0.2) is 4.98 Å². The Balaban J connectivity index is 0.00000196. The van der Waals surface area contributed by atoms with Gasteiger partial charge in [-0.1, -0.05) is 26.0 Å². The van der Waals surface area contributed by atoms with Crippen molar-refractivity contribution in [2.45, 2.75) is 32.5 Å². The molecule has 0 aliphatic carbocycles. The van der Waals surface area contributed by atoms with Crippen LogP contribution in [0.2, 0.25) is 0 Å². The van der Waals surface area contributed by atoms with Crippen molar-refractivity contribution in [3.63, 3.8) is 0 Å². The molecule has 1 fully saturated rings. The highest BCUT2D eigenvalue weighted by Gasteiger charge is 2.36. The maximum atomic E-state index is 12.9. The Morgan fingerprint density at radius 1 is 1.32 bits per heavy atom. The minimum Gasteiger partial charge on any atom is -0.337 e. The van der Waals surface area contributed by atoms with E-state index in [0.29, 0.717) is 30.1 Å². The van der Waals surface area contributed by atoms with Crippen molar-refractivity contribution in [3.8, 4) is 10.6 Å². The van der Waals surface area contributed by atoms with Crippen molar-refractivity contribution in [1.82, 2.24) is 9.88 Å². The molecule has 1 unspecified atom stereocenters. The van der Waals surface area contributed by atoms with Crippen molar-refractivity contribution in [1.29, 1.82) is 0 Å². The number of amides is 1. The Morgan fingerprint density at radius 3 is 2.61 bits per heavy atom. The van der Waals surface area contributed by atoms with Gasteiger partial charge in [0, 0.05) is 30.1 Å². The average Bonchev–Trinajstić information content (AvgIpc) is 3.06. The van der Waals surface area contributed by atoms with Gasteiger partial charge in [0.25, 0.3) is 5.91 Å². The highest BCUT2D eigenvalue weighted by Crippen LogP contribution is 2.34. The van der Waals surface area contributed by atoms with Crippen LogP contribution in [0.15, 0.2) is 29.6 Å². The summed E-state index contributed by atoms with van der Waals surface area (Å²) in [7, 11) is 0. The van der Waals surface area contributed by atoms with E-state index in [2.05, 4.69) is 4.98 Å². The lowest BCUT2D eigenvalue weighted by Gasteiger charge is -2.42. The van der Waals surface area contributed by atoms with E-state index < -0.39 is 11.7 Å². The summed E-state index contributed by atoms with van der Waals surface area (Å²) < 4.78 is 38.6. The normalized spacial score (nSPS) is 18.8. The van der Waals surface area contributed by atoms with Gasteiger partial charge in [0.15, 0.2) is 0 Å². The Morgan fingerprint density at radius 2 is 2.00 bits per heavy atom. The second kappa shape index (κ2) is 8.98. The molecule has 1 aliphatic rings. The number of halogens is 5. The van der Waals surface area contributed by atoms with Crippen LogP contribution in [0, 0.1) is 5.41 Å². The molecule has 156 valence electrons. The van der Waals surface area contributed by atoms with Gasteiger partial charge < -0.3 is 10.6 Å². The molecule has 2 heterocycles. The SMILES string of the molecule is CC1(C)CN(C(=O)c2csc(-c3cccc(C(F)(F)F)c3)n2)CCC1N.Cl.Cl. The summed E-state index contributed by atoms with van der Waals surface area (Å²) in [5, 5.41) is 1.99. The van der Waals surface area contributed by atoms with Crippen molar-refractivity contribution < 1.29 is 18.0 Å². The second-order valence-corrected chi connectivity index (χ2v) is 8.09. The largest absolute Gasteiger partial charge is 0.416 e. The van der Waals surface area contributed by atoms with E-state index in [0.717, 1.165) is 23.5 Å². The molecule has 2 N–H and O–H groups in total. The smallest absolute Gasteiger partial charge is 0.337 e. The van der Waals surface area contributed by atoms with Crippen LogP contribution in [-0.2, 0) is 6.18 Å². The Bertz CT molecular complexity index is 826. The molecule has 0 saturated carbocycles. The summed E-state index contributed by atoms with van der Waals surface area (Å²) in [5.74, 6) is -0.209. The summed E-state index contributed by atoms with van der Waals surface area (Å²) in [4.78, 5) is 18.7. The molecule has 2 aromatic rings. The number of carbonyl (C=O) groups is 1. The van der Waals surface area contributed by atoms with Gasteiger partial charge in [0.05, 0.1) is 5.56 Å². The molecule has 1 aromatic heterocycles. The summed E-state index contributed by atoms with van der Waals surface area (Å²) >= 11 is 1.16. The number of hydrogen-bond donors (Lipinski definition) is 1. The molecule has 0 bridgehead atoms. The summed E-state index contributed by atoms with van der Waals surface area (Å²) in [5.41, 5.74) is 5.79. The quantitative estimate of drug-likeness (QED) is 0.702. The number of likely N-dealkylation sites (tertiary alicyclic amines) is 1. The van der Waals surface area contributed by atoms with E-state index in [-0.39, 0.29) is 47.9 Å². The molecule has 1 aliphatic heterocycles. The van der Waals surface area contributed by atoms with Gasteiger partial charge in [0.1, 0.15) is 10.7 Å². The summed E-state index contributed by atoms with van der Waals surface area (Å²) in [6, 6.07) is 5.00. The number of alkyl halides is 3. The van der Waals surface area contributed by atoms with E-state index >= 15 is 0 Å². The van der Waals surface area contributed by atoms with Crippen molar-refractivity contribution in [2.75, 3.05) is 13.1 Å². The lowest BCUT2D eigenvalue weighted by Crippen LogP contribution is -2.54. The first-order valence-corrected chi connectivity index (χ1v) is 9.14. The van der Waals surface area contributed by atoms with Crippen molar-refractivity contribution in [3.05, 3.63) is 40.9 Å². The molecule has 0 radical (unpaired) electrons. The van der Waals surface area contributed by atoms with E-state index in [1.165, 1.54) is 6.07 Å². The van der Waals surface area contributed by atoms with Gasteiger partial charge >= 0.3 is 6.18 Å². The standard InChI is InChI=1S/C18H20F3N3OS.2ClH/c1-17(2)10-24(7-6-14(17)22)16(25)13-9-26-15(23-13)11-4-3-5-12(8-11)18(19,20)21;;/h3-5,8-9,14H,6-7,10,22H2,1-2H3;2*1H. The highest BCUT2D eigenvalue weighted by molar-refractivity contribution is 7.13. The molecular formula is C18H22Cl2F3N3OS. The minimum atomic E-state index is -4.41. The Kier molecular flexibility index (Phi) is 7.92. The Labute approximate surface area is 178 Å². The third-order valence-electron chi connectivity index (χ3n) is 4.76. The second-order valence-electron chi connectivity index (χ2n) is 7.23. The van der Waals surface area contributed by atoms with E-state index in [1.807, 2.05) is 13.8 Å². The molecule has 3 rings (SSSR count). The molecule has 1 atom stereocenters. The fraction of sp³-hybridized carbons (Fsp3) is 0.444. The molecule has 1 saturated heterocycles. The lowest BCUT2D eigenvalue weighted by molar-refractivity contribution is -0.137. The third kappa shape index (κ3) is 5.17. The molecule has 10 heteroatoms. The molecule has 0 spiro atoms. The first kappa shape index (κ1) is 24.7. The van der Waals surface area contributed by atoms with Crippen LogP contribution in [0.1, 0.15) is 36.3 Å². The monoisotopic (exact) mass is 455 g/mol. The van der Waals surface area contributed by atoms with Crippen LogP contribution < -0.4 is 5.73 Å². The third-order valence-corrected chi connectivity index (χ3v) is 5.65. The van der Waals surface area contributed by atoms with Gasteiger partial charge in [-0.3, -0.25) is 4.79 Å². The van der Waals surface area contributed by atoms with Crippen LogP contribution in [-0.4, -0.2) is 34.9 Å². The zero-order chi connectivity index (χ0) is 19.1. The number of nitrogens with zero attached hydrogens (tertiary/aromatic N) is 2. The van der Waals surface area contributed by atoms with Gasteiger partial charge in [0.2, 0.25) is 0 Å². The maximum Gasteiger partial charge on any atom is 0.416 e. The number of aromatic nitrogens is 1. The van der Waals surface area contributed by atoms with E-state index in [1.54, 1.807) is 16.3 Å². The number of rotatable bonds is 2. The lowest BCUT2D eigenvalue weighted by atomic mass is 9.79. The molecule has 1 amide bonds. The van der Waals surface area contributed by atoms with Crippen LogP contribution in [0.25, 0.3) is 10.6 Å². The number of carbonyl (C=O) groups excluding carboxylic acids is 1. The molecular weight excluding hydrogens is 434 g/mol. The first-order valence-electron chi connectivity index (χ1n) is 8.26. The predicted octanol–water partition coefficient (Wildman–Crippen LogP) is 4.87. The number of nitrogens with two attached hydrogens (primary N) is 1. The molecule has 28 heavy (non-hydrogen) atoms. The minimum absolute atomic E-state index is 0. The summed E-state index contributed by atoms with van der Waals surface area (Å²) in [6.45, 7) is 5.13. The maximum absolute atomic E-state index is 12.9. The van der Waals surface area contributed by atoms with Crippen molar-refractivity contribution in [2.24, 2.45) is 11.1 Å². The molecule has 4 nitrogen and oxygen atoms in total. The van der Waals surface area contributed by atoms with Crippen LogP contribution in [0.5, 0.6) is 0 Å². The van der Waals surface area contributed by atoms with Crippen LogP contribution in [0.3, 0.4) is 0 Å². The average molecular weight is 456 g/mol. The van der Waals surface area contributed by atoms with Gasteiger partial charge in [-0.2, -0.15) is 13.2 Å². The first-order chi connectivity index (χ1) is 12.1. The fourth-order valence-corrected chi connectivity index (χ4v) is 3.83. The zero-order valence-corrected chi connectivity index (χ0v) is 17.8. The predicted molar refractivity (Wildman–Crippen MR) is 109 cm³/mol. The van der Waals surface area contributed by atoms with E-state index in [9.17, 15) is 18.0 Å².